The van der Waals surface area contributed by atoms with Crippen molar-refractivity contribution in [3.63, 3.8) is 0 Å². The minimum absolute atomic E-state index is 0.424. The van der Waals surface area contributed by atoms with Gasteiger partial charge in [0.2, 0.25) is 0 Å². The molecule has 1 spiro atoms. The summed E-state index contributed by atoms with van der Waals surface area (Å²) in [5.74, 6) is -1.95. The summed E-state index contributed by atoms with van der Waals surface area (Å²) < 4.78 is 32.7. The molecule has 75 heavy (non-hydrogen) atoms. The van der Waals surface area contributed by atoms with Crippen LogP contribution in [0.5, 0.6) is 0 Å². The van der Waals surface area contributed by atoms with Gasteiger partial charge in [0, 0.05) is 56.9 Å². The van der Waals surface area contributed by atoms with E-state index >= 15 is 0 Å². The first-order valence-corrected chi connectivity index (χ1v) is 26.1. The van der Waals surface area contributed by atoms with Crippen LogP contribution < -0.4 is 0 Å². The molecule has 4 heterocycles. The molecule has 6 heteroatoms. The summed E-state index contributed by atoms with van der Waals surface area (Å²) in [6.07, 6.45) is 1.11. The summed E-state index contributed by atoms with van der Waals surface area (Å²) in [5.41, 5.74) is 15.5. The minimum Gasteiger partial charge on any atom is -0.345 e. The van der Waals surface area contributed by atoms with Crippen LogP contribution in [0.4, 0.5) is 0 Å². The van der Waals surface area contributed by atoms with Gasteiger partial charge in [-0.2, -0.15) is 0 Å². The quantitative estimate of drug-likeness (QED) is 0.137. The van der Waals surface area contributed by atoms with Crippen LogP contribution in [0.2, 0.25) is 0 Å². The third-order valence-electron chi connectivity index (χ3n) is 15.7. The van der Waals surface area contributed by atoms with E-state index in [0.29, 0.717) is 39.3 Å². The molecule has 2 fully saturated rings. The van der Waals surface area contributed by atoms with E-state index in [9.17, 15) is 0 Å². The summed E-state index contributed by atoms with van der Waals surface area (Å²) >= 11 is 0. The molecule has 6 nitrogen and oxygen atoms in total. The molecule has 0 atom stereocenters. The fraction of sp³-hybridized carbons (Fsp3) is 0.130. The third-order valence-corrected chi connectivity index (χ3v) is 15.7. The van der Waals surface area contributed by atoms with E-state index in [-0.39, 0.29) is 0 Å². The molecule has 10 aromatic carbocycles. The molecule has 0 aliphatic carbocycles. The van der Waals surface area contributed by atoms with Crippen molar-refractivity contribution in [2.75, 3.05) is 26.4 Å². The Balaban J connectivity index is 0.669. The molecule has 12 aromatic rings. The highest BCUT2D eigenvalue weighted by molar-refractivity contribution is 6.10. The van der Waals surface area contributed by atoms with E-state index < -0.39 is 17.0 Å². The SMILES string of the molecule is c1ccc(C2(Cc3ccc(-c4ccc(-n5c6ccccc6c6ccccc65)cc4)cc3)OCC3(CO2)COC(Cc2ccc(-c4ccc(-n5c6ccccc6c6ccccc65)cc4)cc2)(c2ccccc2)OC3)cc1. The van der Waals surface area contributed by atoms with E-state index in [1.165, 1.54) is 43.6 Å². The second kappa shape index (κ2) is 18.5. The van der Waals surface area contributed by atoms with Crippen LogP contribution in [0, 0.1) is 5.41 Å². The number of benzene rings is 10. The highest BCUT2D eigenvalue weighted by atomic mass is 16.7. The van der Waals surface area contributed by atoms with Crippen LogP contribution in [0.3, 0.4) is 0 Å². The molecular weight excluding hydrogens is 921 g/mol. The molecule has 0 N–H and O–H groups in total. The van der Waals surface area contributed by atoms with Crippen molar-refractivity contribution in [2.45, 2.75) is 24.4 Å². The number of nitrogens with zero attached hydrogens (tertiary/aromatic N) is 2. The zero-order valence-electron chi connectivity index (χ0n) is 41.5. The molecule has 0 amide bonds. The molecule has 2 aliphatic rings. The van der Waals surface area contributed by atoms with Gasteiger partial charge in [-0.15, -0.1) is 0 Å². The van der Waals surface area contributed by atoms with Crippen molar-refractivity contribution >= 4 is 43.6 Å². The van der Waals surface area contributed by atoms with Gasteiger partial charge < -0.3 is 28.1 Å². The first kappa shape index (κ1) is 45.3. The lowest BCUT2D eigenvalue weighted by molar-refractivity contribution is -0.376. The summed E-state index contributed by atoms with van der Waals surface area (Å²) in [7, 11) is 0. The van der Waals surface area contributed by atoms with Gasteiger partial charge in [-0.05, 0) is 81.9 Å². The molecular formula is C69H54N2O4. The average molecular weight is 975 g/mol. The summed E-state index contributed by atoms with van der Waals surface area (Å²) in [6, 6.07) is 90.6. The number of para-hydroxylation sites is 4. The van der Waals surface area contributed by atoms with Crippen molar-refractivity contribution < 1.29 is 18.9 Å². The maximum atomic E-state index is 7.00. The van der Waals surface area contributed by atoms with Crippen molar-refractivity contribution in [3.05, 3.63) is 277 Å². The molecule has 14 rings (SSSR count). The predicted octanol–water partition coefficient (Wildman–Crippen LogP) is 15.8. The molecule has 0 radical (unpaired) electrons. The topological polar surface area (TPSA) is 46.8 Å². The van der Waals surface area contributed by atoms with E-state index in [0.717, 1.165) is 55.9 Å². The second-order valence-corrected chi connectivity index (χ2v) is 20.5. The fourth-order valence-corrected chi connectivity index (χ4v) is 11.7. The Morgan fingerprint density at radius 1 is 0.280 bits per heavy atom. The Labute approximate surface area is 436 Å². The van der Waals surface area contributed by atoms with Gasteiger partial charge >= 0.3 is 0 Å². The monoisotopic (exact) mass is 974 g/mol. The summed E-state index contributed by atoms with van der Waals surface area (Å²) in [6.45, 7) is 1.70. The van der Waals surface area contributed by atoms with E-state index in [1.807, 2.05) is 12.1 Å². The highest BCUT2D eigenvalue weighted by Crippen LogP contribution is 2.46. The first-order chi connectivity index (χ1) is 37.0. The normalized spacial score (nSPS) is 19.8. The van der Waals surface area contributed by atoms with E-state index in [2.05, 4.69) is 252 Å². The van der Waals surface area contributed by atoms with Gasteiger partial charge in [-0.1, -0.05) is 206 Å². The minimum atomic E-state index is -0.973. The second-order valence-electron chi connectivity index (χ2n) is 20.5. The van der Waals surface area contributed by atoms with Crippen LogP contribution >= 0.6 is 0 Å². The van der Waals surface area contributed by atoms with E-state index in [1.54, 1.807) is 0 Å². The zero-order chi connectivity index (χ0) is 49.8. The van der Waals surface area contributed by atoms with Gasteiger partial charge in [-0.3, -0.25) is 0 Å². The zero-order valence-corrected chi connectivity index (χ0v) is 41.5. The molecule has 0 saturated carbocycles. The van der Waals surface area contributed by atoms with Gasteiger partial charge in [-0.25, -0.2) is 0 Å². The first-order valence-electron chi connectivity index (χ1n) is 26.1. The lowest BCUT2D eigenvalue weighted by atomic mass is 9.86. The van der Waals surface area contributed by atoms with Crippen molar-refractivity contribution in [1.29, 1.82) is 0 Å². The molecule has 2 saturated heterocycles. The van der Waals surface area contributed by atoms with Crippen LogP contribution in [-0.4, -0.2) is 35.6 Å². The number of hydrogen-bond acceptors (Lipinski definition) is 4. The van der Waals surface area contributed by atoms with E-state index in [4.69, 9.17) is 18.9 Å². The fourth-order valence-electron chi connectivity index (χ4n) is 11.7. The molecule has 364 valence electrons. The predicted molar refractivity (Wildman–Crippen MR) is 302 cm³/mol. The Kier molecular flexibility index (Phi) is 11.2. The standard InChI is InChI=1S/C69H54N2O4/c1-3-15-55(16-4-1)68(43-49-27-31-51(32-28-49)53-35-39-57(40-36-53)70-63-23-11-7-19-59(63)60-20-8-12-24-64(60)70)72-45-67(46-73-68)47-74-69(75-48-67,56-17-5-2-6-18-56)44-50-29-33-52(34-30-50)54-37-41-58(42-38-54)71-65-25-13-9-21-61(65)62-22-10-14-26-66(62)71/h1-42H,43-48H2. The van der Waals surface area contributed by atoms with Crippen LogP contribution in [0.25, 0.3) is 77.2 Å². The Morgan fingerprint density at radius 3 is 0.853 bits per heavy atom. The lowest BCUT2D eigenvalue weighted by Crippen LogP contribution is -2.58. The Hall–Kier alpha value is -8.36. The Morgan fingerprint density at radius 2 is 0.547 bits per heavy atom. The van der Waals surface area contributed by atoms with Crippen molar-refractivity contribution in [1.82, 2.24) is 9.13 Å². The van der Waals surface area contributed by atoms with Gasteiger partial charge in [0.15, 0.2) is 11.6 Å². The van der Waals surface area contributed by atoms with Crippen molar-refractivity contribution in [2.24, 2.45) is 5.41 Å². The van der Waals surface area contributed by atoms with Crippen LogP contribution in [-0.2, 0) is 43.4 Å². The molecule has 0 bridgehead atoms. The average Bonchev–Trinajstić information content (AvgIpc) is 4.01. The van der Waals surface area contributed by atoms with Gasteiger partial charge in [0.1, 0.15) is 0 Å². The molecule has 0 unspecified atom stereocenters. The number of hydrogen-bond donors (Lipinski definition) is 0. The number of ether oxygens (including phenoxy) is 4. The highest BCUT2D eigenvalue weighted by Gasteiger charge is 2.52. The largest absolute Gasteiger partial charge is 0.345 e. The smallest absolute Gasteiger partial charge is 0.198 e. The van der Waals surface area contributed by atoms with Crippen LogP contribution in [0.1, 0.15) is 22.3 Å². The van der Waals surface area contributed by atoms with Gasteiger partial charge in [0.25, 0.3) is 0 Å². The van der Waals surface area contributed by atoms with Gasteiger partial charge in [0.05, 0.1) is 53.9 Å². The molecule has 2 aliphatic heterocycles. The number of aromatic nitrogens is 2. The lowest BCUT2D eigenvalue weighted by Gasteiger charge is -2.51. The van der Waals surface area contributed by atoms with Crippen LogP contribution in [0.15, 0.2) is 255 Å². The number of fused-ring (bicyclic) bond motifs is 6. The third kappa shape index (κ3) is 8.06. The molecule has 2 aromatic heterocycles. The maximum Gasteiger partial charge on any atom is 0.198 e. The summed E-state index contributed by atoms with van der Waals surface area (Å²) in [4.78, 5) is 0. The van der Waals surface area contributed by atoms with Crippen molar-refractivity contribution in [3.8, 4) is 33.6 Å². The number of rotatable bonds is 10. The summed E-state index contributed by atoms with van der Waals surface area (Å²) in [5, 5.41) is 5.04. The maximum absolute atomic E-state index is 7.00. The Bertz CT molecular complexity index is 3600.